The third-order valence-corrected chi connectivity index (χ3v) is 2.78. The molecule has 0 aliphatic rings. The Morgan fingerprint density at radius 2 is 2.00 bits per heavy atom. The van der Waals surface area contributed by atoms with Gasteiger partial charge in [-0.1, -0.05) is 6.07 Å². The van der Waals surface area contributed by atoms with Gasteiger partial charge in [0.15, 0.2) is 0 Å². The third-order valence-electron chi connectivity index (χ3n) is 2.78. The van der Waals surface area contributed by atoms with E-state index in [9.17, 15) is 0 Å². The summed E-state index contributed by atoms with van der Waals surface area (Å²) in [5, 5.41) is 0. The number of fused-ring (bicyclic) bond motifs is 1. The number of hydrogen-bond donors (Lipinski definition) is 2. The number of benzene rings is 1. The van der Waals surface area contributed by atoms with E-state index in [0.717, 1.165) is 30.1 Å². The van der Waals surface area contributed by atoms with Crippen LogP contribution in [-0.2, 0) is 0 Å². The van der Waals surface area contributed by atoms with Crippen LogP contribution in [0.3, 0.4) is 0 Å². The van der Waals surface area contributed by atoms with Crippen molar-refractivity contribution >= 4 is 22.7 Å². The number of aromatic amines is 1. The molecule has 1 aromatic carbocycles. The van der Waals surface area contributed by atoms with E-state index in [1.807, 2.05) is 25.2 Å². The highest BCUT2D eigenvalue weighted by molar-refractivity contribution is 5.88. The van der Waals surface area contributed by atoms with Gasteiger partial charge in [-0.3, -0.25) is 0 Å². The number of likely N-dealkylation sites (N-methyl/N-ethyl adjacent to an activating group) is 2. The van der Waals surface area contributed by atoms with Gasteiger partial charge in [-0.25, -0.2) is 4.98 Å². The molecule has 5 heteroatoms. The largest absolute Gasteiger partial charge is 0.397 e. The Morgan fingerprint density at radius 3 is 2.65 bits per heavy atom. The first-order valence-electron chi connectivity index (χ1n) is 5.68. The number of rotatable bonds is 4. The summed E-state index contributed by atoms with van der Waals surface area (Å²) in [4.78, 5) is 12.0. The summed E-state index contributed by atoms with van der Waals surface area (Å²) in [7, 11) is 6.15. The van der Waals surface area contributed by atoms with Crippen molar-refractivity contribution in [1.82, 2.24) is 14.9 Å². The van der Waals surface area contributed by atoms with Crippen LogP contribution in [0.5, 0.6) is 0 Å². The molecule has 0 unspecified atom stereocenters. The number of imidazole rings is 1. The van der Waals surface area contributed by atoms with E-state index in [1.54, 1.807) is 0 Å². The van der Waals surface area contributed by atoms with Gasteiger partial charge in [0.2, 0.25) is 5.95 Å². The lowest BCUT2D eigenvalue weighted by molar-refractivity contribution is 0.416. The Bertz CT molecular complexity index is 503. The summed E-state index contributed by atoms with van der Waals surface area (Å²) in [6, 6.07) is 5.79. The lowest BCUT2D eigenvalue weighted by Crippen LogP contribution is -2.29. The van der Waals surface area contributed by atoms with Crippen LogP contribution in [0, 0.1) is 0 Å². The summed E-state index contributed by atoms with van der Waals surface area (Å²) in [5.74, 6) is 0.861. The summed E-state index contributed by atoms with van der Waals surface area (Å²) in [5.41, 5.74) is 8.43. The van der Waals surface area contributed by atoms with Crippen molar-refractivity contribution < 1.29 is 0 Å². The number of para-hydroxylation sites is 1. The maximum absolute atomic E-state index is 5.88. The third kappa shape index (κ3) is 2.50. The van der Waals surface area contributed by atoms with Crippen LogP contribution in [0.15, 0.2) is 18.2 Å². The van der Waals surface area contributed by atoms with Crippen molar-refractivity contribution in [2.45, 2.75) is 0 Å². The zero-order valence-electron chi connectivity index (χ0n) is 10.6. The van der Waals surface area contributed by atoms with Crippen molar-refractivity contribution in [3.8, 4) is 0 Å². The molecular formula is C12H19N5. The Kier molecular flexibility index (Phi) is 3.19. The Labute approximate surface area is 101 Å². The minimum Gasteiger partial charge on any atom is -0.397 e. The fourth-order valence-electron chi connectivity index (χ4n) is 1.68. The minimum atomic E-state index is 0.714. The molecule has 0 aliphatic heterocycles. The quantitative estimate of drug-likeness (QED) is 0.777. The molecule has 0 saturated carbocycles. The van der Waals surface area contributed by atoms with Crippen LogP contribution < -0.4 is 10.6 Å². The average Bonchev–Trinajstić information content (AvgIpc) is 2.71. The number of aromatic nitrogens is 2. The molecular weight excluding hydrogens is 214 g/mol. The zero-order chi connectivity index (χ0) is 12.4. The molecule has 92 valence electrons. The molecule has 0 fully saturated rings. The number of H-pyrrole nitrogens is 1. The standard InChI is InChI=1S/C12H19N5/c1-16(2)7-8-17(3)12-14-10-6-4-5-9(13)11(10)15-12/h4-6H,7-8,13H2,1-3H3,(H,14,15). The summed E-state index contributed by atoms with van der Waals surface area (Å²) in [6.45, 7) is 1.91. The zero-order valence-corrected chi connectivity index (χ0v) is 10.6. The molecule has 1 aromatic heterocycles. The number of nitrogen functional groups attached to an aromatic ring is 1. The Morgan fingerprint density at radius 1 is 1.24 bits per heavy atom. The molecule has 0 saturated heterocycles. The van der Waals surface area contributed by atoms with Crippen molar-refractivity contribution in [2.75, 3.05) is 44.9 Å². The number of nitrogens with two attached hydrogens (primary N) is 1. The normalized spacial score (nSPS) is 11.3. The molecule has 0 bridgehead atoms. The number of hydrogen-bond acceptors (Lipinski definition) is 4. The van der Waals surface area contributed by atoms with Gasteiger partial charge < -0.3 is 20.5 Å². The first-order chi connectivity index (χ1) is 8.08. The van der Waals surface area contributed by atoms with E-state index in [-0.39, 0.29) is 0 Å². The summed E-state index contributed by atoms with van der Waals surface area (Å²) in [6.07, 6.45) is 0. The first-order valence-corrected chi connectivity index (χ1v) is 5.68. The van der Waals surface area contributed by atoms with Crippen LogP contribution in [0.4, 0.5) is 11.6 Å². The number of nitrogens with zero attached hydrogens (tertiary/aromatic N) is 3. The van der Waals surface area contributed by atoms with Crippen LogP contribution in [0.1, 0.15) is 0 Å². The molecule has 0 radical (unpaired) electrons. The highest BCUT2D eigenvalue weighted by Gasteiger charge is 2.08. The molecule has 0 aliphatic carbocycles. The molecule has 0 amide bonds. The van der Waals surface area contributed by atoms with Crippen LogP contribution in [0.25, 0.3) is 11.0 Å². The second-order valence-electron chi connectivity index (χ2n) is 4.53. The maximum atomic E-state index is 5.88. The SMILES string of the molecule is CN(C)CCN(C)c1nc2c(N)cccc2[nH]1. The second-order valence-corrected chi connectivity index (χ2v) is 4.53. The lowest BCUT2D eigenvalue weighted by atomic mass is 10.3. The smallest absolute Gasteiger partial charge is 0.203 e. The molecule has 17 heavy (non-hydrogen) atoms. The number of nitrogens with one attached hydrogen (secondary N) is 1. The van der Waals surface area contributed by atoms with Gasteiger partial charge in [-0.15, -0.1) is 0 Å². The molecule has 0 spiro atoms. The Balaban J connectivity index is 2.21. The predicted octanol–water partition coefficient (Wildman–Crippen LogP) is 1.14. The Hall–Kier alpha value is -1.75. The molecule has 2 aromatic rings. The van der Waals surface area contributed by atoms with Crippen LogP contribution in [0.2, 0.25) is 0 Å². The van der Waals surface area contributed by atoms with Gasteiger partial charge in [0, 0.05) is 20.1 Å². The van der Waals surface area contributed by atoms with E-state index < -0.39 is 0 Å². The topological polar surface area (TPSA) is 61.2 Å². The van der Waals surface area contributed by atoms with E-state index >= 15 is 0 Å². The van der Waals surface area contributed by atoms with E-state index in [4.69, 9.17) is 5.73 Å². The van der Waals surface area contributed by atoms with Gasteiger partial charge in [0.1, 0.15) is 5.52 Å². The van der Waals surface area contributed by atoms with Crippen molar-refractivity contribution in [1.29, 1.82) is 0 Å². The van der Waals surface area contributed by atoms with E-state index in [1.165, 1.54) is 0 Å². The van der Waals surface area contributed by atoms with Gasteiger partial charge >= 0.3 is 0 Å². The summed E-state index contributed by atoms with van der Waals surface area (Å²) >= 11 is 0. The van der Waals surface area contributed by atoms with Crippen LogP contribution in [-0.4, -0.2) is 49.1 Å². The first kappa shape index (κ1) is 11.7. The maximum Gasteiger partial charge on any atom is 0.203 e. The minimum absolute atomic E-state index is 0.714. The van der Waals surface area contributed by atoms with E-state index in [0.29, 0.717) is 5.69 Å². The molecule has 2 rings (SSSR count). The fourth-order valence-corrected chi connectivity index (χ4v) is 1.68. The van der Waals surface area contributed by atoms with Crippen LogP contribution >= 0.6 is 0 Å². The van der Waals surface area contributed by atoms with Crippen molar-refractivity contribution in [3.05, 3.63) is 18.2 Å². The fraction of sp³-hybridized carbons (Fsp3) is 0.417. The van der Waals surface area contributed by atoms with Crippen molar-refractivity contribution in [2.24, 2.45) is 0 Å². The predicted molar refractivity (Wildman–Crippen MR) is 72.3 cm³/mol. The highest BCUT2D eigenvalue weighted by Crippen LogP contribution is 2.21. The van der Waals surface area contributed by atoms with Gasteiger partial charge in [-0.2, -0.15) is 0 Å². The molecule has 1 heterocycles. The van der Waals surface area contributed by atoms with E-state index in [2.05, 4.69) is 33.9 Å². The summed E-state index contributed by atoms with van der Waals surface area (Å²) < 4.78 is 0. The number of anilines is 2. The highest BCUT2D eigenvalue weighted by atomic mass is 15.3. The van der Waals surface area contributed by atoms with Crippen molar-refractivity contribution in [3.63, 3.8) is 0 Å². The average molecular weight is 233 g/mol. The van der Waals surface area contributed by atoms with Gasteiger partial charge in [0.05, 0.1) is 11.2 Å². The molecule has 5 nitrogen and oxygen atoms in total. The molecule has 0 atom stereocenters. The second kappa shape index (κ2) is 4.63. The lowest BCUT2D eigenvalue weighted by Gasteiger charge is -2.18. The molecule has 3 N–H and O–H groups in total. The van der Waals surface area contributed by atoms with Gasteiger partial charge in [-0.05, 0) is 26.2 Å². The monoisotopic (exact) mass is 233 g/mol. The van der Waals surface area contributed by atoms with Gasteiger partial charge in [0.25, 0.3) is 0 Å².